The van der Waals surface area contributed by atoms with Crippen LogP contribution in [0.5, 0.6) is 0 Å². The van der Waals surface area contributed by atoms with Gasteiger partial charge in [-0.25, -0.2) is 0 Å². The summed E-state index contributed by atoms with van der Waals surface area (Å²) in [6, 6.07) is 21.8. The van der Waals surface area contributed by atoms with Crippen LogP contribution in [0.15, 0.2) is 60.7 Å². The zero-order valence-corrected chi connectivity index (χ0v) is 21.9. The fraction of sp³-hybridized carbons (Fsp3) is 0.414. The zero-order chi connectivity index (χ0) is 24.3. The van der Waals surface area contributed by atoms with E-state index in [0.29, 0.717) is 0 Å². The molecule has 180 valence electrons. The first-order chi connectivity index (χ1) is 16.2. The first-order valence-corrected chi connectivity index (χ1v) is 13.0. The first-order valence-electron chi connectivity index (χ1n) is 12.2. The molecule has 0 aliphatic carbocycles. The monoisotopic (exact) mass is 475 g/mol. The van der Waals surface area contributed by atoms with Gasteiger partial charge in [0.2, 0.25) is 0 Å². The lowest BCUT2D eigenvalue weighted by Gasteiger charge is -2.32. The van der Waals surface area contributed by atoms with E-state index >= 15 is 0 Å². The maximum absolute atomic E-state index is 12.9. The SMILES string of the molecule is CN(C)c1ccc(-c2ccc(C(=O)NC3CCN(Cc4ccc(C(C)(C)C)cc4)CC3)s2)cc1. The minimum Gasteiger partial charge on any atom is -0.378 e. The van der Waals surface area contributed by atoms with Crippen LogP contribution < -0.4 is 10.2 Å². The minimum atomic E-state index is 0.0531. The Morgan fingerprint density at radius 1 is 0.971 bits per heavy atom. The van der Waals surface area contributed by atoms with E-state index in [-0.39, 0.29) is 17.4 Å². The lowest BCUT2D eigenvalue weighted by molar-refractivity contribution is 0.0913. The van der Waals surface area contributed by atoms with Crippen molar-refractivity contribution in [2.24, 2.45) is 0 Å². The molecule has 0 atom stereocenters. The quantitative estimate of drug-likeness (QED) is 0.463. The summed E-state index contributed by atoms with van der Waals surface area (Å²) in [5.74, 6) is 0.0531. The molecule has 1 N–H and O–H groups in total. The molecule has 0 saturated carbocycles. The Morgan fingerprint density at radius 2 is 1.62 bits per heavy atom. The van der Waals surface area contributed by atoms with Gasteiger partial charge in [-0.2, -0.15) is 0 Å². The van der Waals surface area contributed by atoms with Crippen molar-refractivity contribution >= 4 is 22.9 Å². The van der Waals surface area contributed by atoms with Gasteiger partial charge in [0.25, 0.3) is 5.91 Å². The molecule has 1 amide bonds. The molecule has 0 radical (unpaired) electrons. The average Bonchev–Trinajstić information content (AvgIpc) is 3.31. The van der Waals surface area contributed by atoms with E-state index in [4.69, 9.17) is 0 Å². The number of amides is 1. The number of hydrogen-bond acceptors (Lipinski definition) is 4. The third-order valence-corrected chi connectivity index (χ3v) is 7.78. The molecule has 5 heteroatoms. The van der Waals surface area contributed by atoms with Gasteiger partial charge in [-0.3, -0.25) is 9.69 Å². The molecular weight excluding hydrogens is 438 g/mol. The third kappa shape index (κ3) is 6.08. The van der Waals surface area contributed by atoms with Crippen LogP contribution in [0.1, 0.15) is 54.4 Å². The van der Waals surface area contributed by atoms with E-state index in [1.165, 1.54) is 16.8 Å². The van der Waals surface area contributed by atoms with Crippen LogP contribution in [-0.2, 0) is 12.0 Å². The van der Waals surface area contributed by atoms with Gasteiger partial charge in [0.1, 0.15) is 0 Å². The van der Waals surface area contributed by atoms with Crippen molar-refractivity contribution in [3.8, 4) is 10.4 Å². The number of thiophene rings is 1. The average molecular weight is 476 g/mol. The van der Waals surface area contributed by atoms with E-state index in [1.54, 1.807) is 11.3 Å². The van der Waals surface area contributed by atoms with Crippen LogP contribution in [-0.4, -0.2) is 44.0 Å². The highest BCUT2D eigenvalue weighted by atomic mass is 32.1. The van der Waals surface area contributed by atoms with Crippen molar-refractivity contribution < 1.29 is 4.79 Å². The highest BCUT2D eigenvalue weighted by Crippen LogP contribution is 2.30. The summed E-state index contributed by atoms with van der Waals surface area (Å²) in [5, 5.41) is 3.27. The maximum Gasteiger partial charge on any atom is 0.261 e. The molecule has 34 heavy (non-hydrogen) atoms. The van der Waals surface area contributed by atoms with Gasteiger partial charge in [0.15, 0.2) is 0 Å². The molecule has 1 aliphatic rings. The van der Waals surface area contributed by atoms with Crippen LogP contribution in [0.25, 0.3) is 10.4 Å². The Morgan fingerprint density at radius 3 is 2.21 bits per heavy atom. The second kappa shape index (κ2) is 10.3. The lowest BCUT2D eigenvalue weighted by Crippen LogP contribution is -2.44. The second-order valence-corrected chi connectivity index (χ2v) is 11.7. The van der Waals surface area contributed by atoms with Crippen molar-refractivity contribution in [2.75, 3.05) is 32.1 Å². The number of carbonyl (C=O) groups excluding carboxylic acids is 1. The fourth-order valence-electron chi connectivity index (χ4n) is 4.40. The molecular formula is C29H37N3OS. The maximum atomic E-state index is 12.9. The predicted molar refractivity (Wildman–Crippen MR) is 145 cm³/mol. The van der Waals surface area contributed by atoms with Crippen LogP contribution in [0.3, 0.4) is 0 Å². The molecule has 1 aliphatic heterocycles. The summed E-state index contributed by atoms with van der Waals surface area (Å²) in [6.07, 6.45) is 1.99. The Bertz CT molecular complexity index is 1090. The van der Waals surface area contributed by atoms with Crippen LogP contribution in [0.4, 0.5) is 5.69 Å². The highest BCUT2D eigenvalue weighted by molar-refractivity contribution is 7.17. The van der Waals surface area contributed by atoms with E-state index in [1.807, 2.05) is 20.2 Å². The van der Waals surface area contributed by atoms with Crippen molar-refractivity contribution in [1.82, 2.24) is 10.2 Å². The van der Waals surface area contributed by atoms with Gasteiger partial charge in [0.05, 0.1) is 4.88 Å². The summed E-state index contributed by atoms with van der Waals surface area (Å²) >= 11 is 1.57. The summed E-state index contributed by atoms with van der Waals surface area (Å²) in [6.45, 7) is 9.76. The lowest BCUT2D eigenvalue weighted by atomic mass is 9.86. The first kappa shape index (κ1) is 24.5. The number of hydrogen-bond donors (Lipinski definition) is 1. The van der Waals surface area contributed by atoms with Crippen LogP contribution in [0.2, 0.25) is 0 Å². The Balaban J connectivity index is 1.27. The topological polar surface area (TPSA) is 35.6 Å². The Hall–Kier alpha value is -2.63. The summed E-state index contributed by atoms with van der Waals surface area (Å²) < 4.78 is 0. The number of likely N-dealkylation sites (tertiary alicyclic amines) is 1. The molecule has 3 aromatic rings. The third-order valence-electron chi connectivity index (χ3n) is 6.65. The predicted octanol–water partition coefficient (Wildman–Crippen LogP) is 6.17. The number of rotatable bonds is 6. The van der Waals surface area contributed by atoms with Gasteiger partial charge >= 0.3 is 0 Å². The molecule has 2 heterocycles. The fourth-order valence-corrected chi connectivity index (χ4v) is 5.31. The van der Waals surface area contributed by atoms with Crippen molar-refractivity contribution in [3.63, 3.8) is 0 Å². The highest BCUT2D eigenvalue weighted by Gasteiger charge is 2.22. The molecule has 4 nitrogen and oxygen atoms in total. The Kier molecular flexibility index (Phi) is 7.44. The number of nitrogens with one attached hydrogen (secondary N) is 1. The second-order valence-electron chi connectivity index (χ2n) is 10.6. The largest absolute Gasteiger partial charge is 0.378 e. The summed E-state index contributed by atoms with van der Waals surface area (Å²) in [4.78, 5) is 19.4. The molecule has 0 bridgehead atoms. The molecule has 1 saturated heterocycles. The zero-order valence-electron chi connectivity index (χ0n) is 21.1. The van der Waals surface area contributed by atoms with E-state index in [9.17, 15) is 4.79 Å². The normalized spacial score (nSPS) is 15.3. The summed E-state index contributed by atoms with van der Waals surface area (Å²) in [7, 11) is 4.08. The summed E-state index contributed by atoms with van der Waals surface area (Å²) in [5.41, 5.74) is 5.25. The number of piperidine rings is 1. The number of carbonyl (C=O) groups is 1. The van der Waals surface area contributed by atoms with Gasteiger partial charge in [-0.1, -0.05) is 57.2 Å². The van der Waals surface area contributed by atoms with Gasteiger partial charge < -0.3 is 10.2 Å². The Labute approximate surface area is 208 Å². The van der Waals surface area contributed by atoms with Crippen LogP contribution >= 0.6 is 11.3 Å². The number of benzene rings is 2. The smallest absolute Gasteiger partial charge is 0.261 e. The molecule has 2 aromatic carbocycles. The molecule has 4 rings (SSSR count). The molecule has 1 fully saturated rings. The number of anilines is 1. The molecule has 0 unspecified atom stereocenters. The molecule has 0 spiro atoms. The van der Waals surface area contributed by atoms with Crippen molar-refractivity contribution in [1.29, 1.82) is 0 Å². The minimum absolute atomic E-state index is 0.0531. The van der Waals surface area contributed by atoms with Crippen molar-refractivity contribution in [2.45, 2.75) is 51.6 Å². The van der Waals surface area contributed by atoms with Crippen molar-refractivity contribution in [3.05, 3.63) is 76.7 Å². The van der Waals surface area contributed by atoms with Gasteiger partial charge in [-0.05, 0) is 59.2 Å². The number of nitrogens with zero attached hydrogens (tertiary/aromatic N) is 2. The van der Waals surface area contributed by atoms with E-state index < -0.39 is 0 Å². The van der Waals surface area contributed by atoms with E-state index in [2.05, 4.69) is 90.5 Å². The van der Waals surface area contributed by atoms with Crippen LogP contribution in [0, 0.1) is 0 Å². The van der Waals surface area contributed by atoms with Gasteiger partial charge in [0, 0.05) is 50.3 Å². The molecule has 1 aromatic heterocycles. The van der Waals surface area contributed by atoms with Gasteiger partial charge in [-0.15, -0.1) is 11.3 Å². The van der Waals surface area contributed by atoms with E-state index in [0.717, 1.165) is 47.8 Å². The standard InChI is InChI=1S/C29H37N3OS/c1-29(2,3)23-10-6-21(7-11-23)20-32-18-16-24(17-19-32)30-28(33)27-15-14-26(34-27)22-8-12-25(13-9-22)31(4)5/h6-15,24H,16-20H2,1-5H3,(H,30,33).